The van der Waals surface area contributed by atoms with Crippen LogP contribution >= 0.6 is 22.6 Å². The van der Waals surface area contributed by atoms with E-state index in [9.17, 15) is 14.0 Å². The fraction of sp³-hybridized carbons (Fsp3) is 0.517. The third kappa shape index (κ3) is 7.16. The van der Waals surface area contributed by atoms with Crippen molar-refractivity contribution in [3.63, 3.8) is 0 Å². The molecule has 3 rings (SSSR count). The fourth-order valence-corrected chi connectivity index (χ4v) is 5.06. The molecule has 2 amide bonds. The number of carbonyl (C=O) groups excluding carboxylic acids is 2. The molecule has 1 aliphatic heterocycles. The molecule has 0 bridgehead atoms. The minimum atomic E-state index is -0.982. The molecule has 1 heterocycles. The summed E-state index contributed by atoms with van der Waals surface area (Å²) in [5.41, 5.74) is 1.07. The minimum absolute atomic E-state index is 0.0837. The molecule has 0 saturated carbocycles. The van der Waals surface area contributed by atoms with Gasteiger partial charge in [0.15, 0.2) is 0 Å². The van der Waals surface area contributed by atoms with Crippen LogP contribution in [0.5, 0.6) is 5.75 Å². The Morgan fingerprint density at radius 1 is 1.11 bits per heavy atom. The normalized spacial score (nSPS) is 18.1. The molecule has 1 aliphatic rings. The van der Waals surface area contributed by atoms with E-state index >= 15 is 0 Å². The molecule has 2 aromatic carbocycles. The summed E-state index contributed by atoms with van der Waals surface area (Å²) < 4.78 is 28.0. The summed E-state index contributed by atoms with van der Waals surface area (Å²) in [6.45, 7) is 15.3. The van der Waals surface area contributed by atoms with Gasteiger partial charge >= 0.3 is 6.09 Å². The molecular weight excluding hydrogens is 600 g/mol. The number of amides is 2. The smallest absolute Gasteiger partial charge is 0.410 e. The van der Waals surface area contributed by atoms with Crippen molar-refractivity contribution in [3.05, 3.63) is 62.0 Å². The van der Waals surface area contributed by atoms with Crippen molar-refractivity contribution < 1.29 is 23.5 Å². The van der Waals surface area contributed by atoms with Crippen LogP contribution in [-0.4, -0.2) is 66.7 Å². The first-order valence-corrected chi connectivity index (χ1v) is 13.9. The highest BCUT2D eigenvalue weighted by atomic mass is 127. The lowest BCUT2D eigenvalue weighted by Crippen LogP contribution is -2.57. The Labute approximate surface area is 239 Å². The lowest BCUT2D eigenvalue weighted by molar-refractivity contribution is -0.0156. The maximum absolute atomic E-state index is 14.8. The van der Waals surface area contributed by atoms with E-state index < -0.39 is 11.2 Å². The Balaban J connectivity index is 1.94. The zero-order valence-corrected chi connectivity index (χ0v) is 25.7. The second-order valence-electron chi connectivity index (χ2n) is 11.2. The molecule has 2 atom stereocenters. The van der Waals surface area contributed by atoms with Gasteiger partial charge < -0.3 is 19.7 Å². The molecule has 0 aliphatic carbocycles. The number of aryl methyl sites for hydroxylation is 2. The van der Waals surface area contributed by atoms with E-state index in [2.05, 4.69) is 32.8 Å². The van der Waals surface area contributed by atoms with Crippen molar-refractivity contribution in [2.75, 3.05) is 33.2 Å². The first kappa shape index (κ1) is 30.1. The van der Waals surface area contributed by atoms with Crippen LogP contribution in [0, 0.1) is 23.2 Å². The number of ether oxygens (including phenoxy) is 2. The van der Waals surface area contributed by atoms with Crippen LogP contribution in [-0.2, 0) is 10.3 Å². The standard InChI is InChI=1S/C29H39FIN3O4/c1-18-9-10-21(14-23(18)30)29(7,37-25-13-19(2)24(31)15-22(25)26(35)32-8)17-33-11-12-34(20(3)16-33)27(36)38-28(4,5)6/h9-10,13-15,20H,11-12,16-17H2,1-8H3,(H,32,35)/t20-,29+/m1/s1. The van der Waals surface area contributed by atoms with Crippen LogP contribution in [0.3, 0.4) is 0 Å². The highest BCUT2D eigenvalue weighted by Gasteiger charge is 2.37. The molecule has 0 aromatic heterocycles. The molecule has 1 N–H and O–H groups in total. The van der Waals surface area contributed by atoms with Gasteiger partial charge in [0.05, 0.1) is 5.56 Å². The summed E-state index contributed by atoms with van der Waals surface area (Å²) in [5, 5.41) is 2.69. The van der Waals surface area contributed by atoms with Crippen molar-refractivity contribution in [1.82, 2.24) is 15.1 Å². The Kier molecular flexibility index (Phi) is 9.34. The van der Waals surface area contributed by atoms with Gasteiger partial charge in [0.1, 0.15) is 22.8 Å². The summed E-state index contributed by atoms with van der Waals surface area (Å²) in [7, 11) is 1.58. The van der Waals surface area contributed by atoms with Crippen molar-refractivity contribution in [2.45, 2.75) is 65.7 Å². The second kappa shape index (κ2) is 11.8. The molecule has 38 heavy (non-hydrogen) atoms. The molecule has 0 spiro atoms. The maximum atomic E-state index is 14.8. The van der Waals surface area contributed by atoms with Gasteiger partial charge in [-0.3, -0.25) is 9.69 Å². The monoisotopic (exact) mass is 639 g/mol. The molecule has 0 unspecified atom stereocenters. The van der Waals surface area contributed by atoms with Crippen molar-refractivity contribution >= 4 is 34.6 Å². The Morgan fingerprint density at radius 2 is 1.79 bits per heavy atom. The molecule has 208 valence electrons. The Hall–Kier alpha value is -2.40. The fourth-order valence-electron chi connectivity index (χ4n) is 4.59. The van der Waals surface area contributed by atoms with Gasteiger partial charge in [-0.25, -0.2) is 9.18 Å². The topological polar surface area (TPSA) is 71.1 Å². The van der Waals surface area contributed by atoms with Gasteiger partial charge in [-0.15, -0.1) is 0 Å². The van der Waals surface area contributed by atoms with Crippen LogP contribution < -0.4 is 10.1 Å². The van der Waals surface area contributed by atoms with Crippen LogP contribution in [0.15, 0.2) is 30.3 Å². The van der Waals surface area contributed by atoms with E-state index in [0.717, 1.165) is 9.13 Å². The summed E-state index contributed by atoms with van der Waals surface area (Å²) in [4.78, 5) is 29.4. The molecular formula is C29H39FIN3O4. The van der Waals surface area contributed by atoms with Crippen LogP contribution in [0.4, 0.5) is 9.18 Å². The zero-order valence-electron chi connectivity index (χ0n) is 23.6. The quantitative estimate of drug-likeness (QED) is 0.415. The first-order chi connectivity index (χ1) is 17.6. The van der Waals surface area contributed by atoms with Gasteiger partial charge in [-0.1, -0.05) is 12.1 Å². The molecule has 9 heteroatoms. The van der Waals surface area contributed by atoms with Crippen LogP contribution in [0.25, 0.3) is 0 Å². The largest absolute Gasteiger partial charge is 0.481 e. The van der Waals surface area contributed by atoms with Crippen molar-refractivity contribution in [3.8, 4) is 5.75 Å². The number of rotatable bonds is 6. The van der Waals surface area contributed by atoms with Gasteiger partial charge in [0.25, 0.3) is 5.91 Å². The van der Waals surface area contributed by atoms with Crippen LogP contribution in [0.2, 0.25) is 0 Å². The van der Waals surface area contributed by atoms with Gasteiger partial charge in [0.2, 0.25) is 0 Å². The molecule has 0 radical (unpaired) electrons. The van der Waals surface area contributed by atoms with E-state index in [1.807, 2.05) is 59.7 Å². The minimum Gasteiger partial charge on any atom is -0.481 e. The van der Waals surface area contributed by atoms with E-state index in [0.29, 0.717) is 48.6 Å². The molecule has 7 nitrogen and oxygen atoms in total. The SMILES string of the molecule is CNC(=O)c1cc(I)c(C)cc1O[C@@](C)(CN1CCN(C(=O)OC(C)(C)C)[C@H](C)C1)c1ccc(C)c(F)c1. The number of benzene rings is 2. The summed E-state index contributed by atoms with van der Waals surface area (Å²) in [5.74, 6) is -0.133. The Morgan fingerprint density at radius 3 is 2.37 bits per heavy atom. The number of carbonyl (C=O) groups is 2. The third-order valence-electron chi connectivity index (χ3n) is 6.72. The molecule has 1 fully saturated rings. The van der Waals surface area contributed by atoms with Crippen LogP contribution in [0.1, 0.15) is 61.7 Å². The summed E-state index contributed by atoms with van der Waals surface area (Å²) in [6, 6.07) is 8.71. The van der Waals surface area contributed by atoms with E-state index in [1.54, 1.807) is 24.9 Å². The zero-order chi connectivity index (χ0) is 28.4. The van der Waals surface area contributed by atoms with Gasteiger partial charge in [-0.2, -0.15) is 0 Å². The number of halogens is 2. The third-order valence-corrected chi connectivity index (χ3v) is 7.88. The second-order valence-corrected chi connectivity index (χ2v) is 12.4. The van der Waals surface area contributed by atoms with E-state index in [-0.39, 0.29) is 23.9 Å². The van der Waals surface area contributed by atoms with E-state index in [4.69, 9.17) is 9.47 Å². The summed E-state index contributed by atoms with van der Waals surface area (Å²) >= 11 is 2.20. The summed E-state index contributed by atoms with van der Waals surface area (Å²) in [6.07, 6.45) is -0.325. The average molecular weight is 640 g/mol. The predicted octanol–water partition coefficient (Wildman–Crippen LogP) is 5.64. The highest BCUT2D eigenvalue weighted by molar-refractivity contribution is 14.1. The highest BCUT2D eigenvalue weighted by Crippen LogP contribution is 2.35. The van der Waals surface area contributed by atoms with Crippen molar-refractivity contribution in [1.29, 1.82) is 0 Å². The number of hydrogen-bond acceptors (Lipinski definition) is 5. The number of hydrogen-bond donors (Lipinski definition) is 1. The first-order valence-electron chi connectivity index (χ1n) is 12.8. The maximum Gasteiger partial charge on any atom is 0.410 e. The van der Waals surface area contributed by atoms with Crippen molar-refractivity contribution in [2.24, 2.45) is 0 Å². The lowest BCUT2D eigenvalue weighted by Gasteiger charge is -2.43. The number of nitrogens with zero attached hydrogens (tertiary/aromatic N) is 2. The number of nitrogens with one attached hydrogen (secondary N) is 1. The number of piperazine rings is 1. The van der Waals surface area contributed by atoms with Gasteiger partial charge in [-0.05, 0) is 106 Å². The van der Waals surface area contributed by atoms with E-state index in [1.165, 1.54) is 6.07 Å². The van der Waals surface area contributed by atoms with Gasteiger partial charge in [0, 0.05) is 42.8 Å². The molecule has 1 saturated heterocycles. The predicted molar refractivity (Wildman–Crippen MR) is 155 cm³/mol. The Bertz CT molecular complexity index is 1200. The molecule has 2 aromatic rings. The average Bonchev–Trinajstić information content (AvgIpc) is 2.81. The lowest BCUT2D eigenvalue weighted by atomic mass is 9.92.